The fourth-order valence-electron chi connectivity index (χ4n) is 0.996. The van der Waals surface area contributed by atoms with Crippen LogP contribution in [0.25, 0.3) is 0 Å². The van der Waals surface area contributed by atoms with Crippen LogP contribution in [0, 0.1) is 0 Å². The predicted octanol–water partition coefficient (Wildman–Crippen LogP) is 0.183. The summed E-state index contributed by atoms with van der Waals surface area (Å²) in [7, 11) is 0. The molecule has 1 aliphatic heterocycles. The van der Waals surface area contributed by atoms with Gasteiger partial charge in [0.1, 0.15) is 0 Å². The van der Waals surface area contributed by atoms with Crippen LogP contribution in [0.1, 0.15) is 13.3 Å². The number of carboxylic acids is 1. The molecule has 11 heavy (non-hydrogen) atoms. The Morgan fingerprint density at radius 2 is 2.55 bits per heavy atom. The predicted molar refractivity (Wildman–Crippen MR) is 40.7 cm³/mol. The number of carboxylic acid groups (broad SMARTS) is 1. The average molecular weight is 156 g/mol. The van der Waals surface area contributed by atoms with Gasteiger partial charge in [0.15, 0.2) is 0 Å². The minimum Gasteiger partial charge on any atom is -0.481 e. The normalized spacial score (nSPS) is 21.9. The van der Waals surface area contributed by atoms with E-state index in [2.05, 4.69) is 5.32 Å². The molecule has 0 saturated carbocycles. The zero-order chi connectivity index (χ0) is 8.27. The second kappa shape index (κ2) is 3.27. The maximum Gasteiger partial charge on any atom is 0.305 e. The molecule has 4 nitrogen and oxygen atoms in total. The van der Waals surface area contributed by atoms with Crippen molar-refractivity contribution in [3.8, 4) is 0 Å². The first-order chi connectivity index (χ1) is 5.20. The maximum atomic E-state index is 10.2. The molecule has 0 aromatic rings. The molecule has 4 heteroatoms. The number of hydrogen-bond acceptors (Lipinski definition) is 3. The number of rotatable bonds is 3. The van der Waals surface area contributed by atoms with Gasteiger partial charge in [-0.25, -0.2) is 0 Å². The summed E-state index contributed by atoms with van der Waals surface area (Å²) in [4.78, 5) is 12.1. The van der Waals surface area contributed by atoms with Crippen LogP contribution in [-0.4, -0.2) is 28.7 Å². The van der Waals surface area contributed by atoms with E-state index < -0.39 is 5.97 Å². The van der Waals surface area contributed by atoms with Crippen LogP contribution in [0.5, 0.6) is 0 Å². The molecule has 62 valence electrons. The van der Waals surface area contributed by atoms with Crippen LogP contribution in [0.15, 0.2) is 12.4 Å². The number of nitrogens with one attached hydrogen (secondary N) is 1. The molecular formula is C7H12N2O2. The van der Waals surface area contributed by atoms with Gasteiger partial charge in [0.05, 0.1) is 12.6 Å². The average Bonchev–Trinajstić information content (AvgIpc) is 2.31. The topological polar surface area (TPSA) is 52.6 Å². The fourth-order valence-corrected chi connectivity index (χ4v) is 0.996. The largest absolute Gasteiger partial charge is 0.481 e. The van der Waals surface area contributed by atoms with Gasteiger partial charge in [0.2, 0.25) is 0 Å². The Hall–Kier alpha value is -1.19. The summed E-state index contributed by atoms with van der Waals surface area (Å²) in [5.74, 6) is -0.752. The Morgan fingerprint density at radius 3 is 3.00 bits per heavy atom. The van der Waals surface area contributed by atoms with Gasteiger partial charge in [-0.15, -0.1) is 0 Å². The van der Waals surface area contributed by atoms with Gasteiger partial charge in [-0.1, -0.05) is 0 Å². The molecular weight excluding hydrogens is 144 g/mol. The van der Waals surface area contributed by atoms with E-state index in [-0.39, 0.29) is 12.6 Å². The van der Waals surface area contributed by atoms with Gasteiger partial charge in [-0.2, -0.15) is 0 Å². The van der Waals surface area contributed by atoms with E-state index >= 15 is 0 Å². The highest BCUT2D eigenvalue weighted by Gasteiger charge is 2.13. The Labute approximate surface area is 65.5 Å². The van der Waals surface area contributed by atoms with Gasteiger partial charge in [-0.3, -0.25) is 4.79 Å². The summed E-state index contributed by atoms with van der Waals surface area (Å²) in [6.45, 7) is 2.56. The van der Waals surface area contributed by atoms with Crippen molar-refractivity contribution in [1.29, 1.82) is 0 Å². The van der Waals surface area contributed by atoms with E-state index in [1.165, 1.54) is 0 Å². The number of hydrogen-bond donors (Lipinski definition) is 2. The first-order valence-corrected chi connectivity index (χ1v) is 3.60. The molecule has 0 aromatic heterocycles. The summed E-state index contributed by atoms with van der Waals surface area (Å²) >= 11 is 0. The van der Waals surface area contributed by atoms with Crippen molar-refractivity contribution in [2.24, 2.45) is 0 Å². The molecule has 1 rings (SSSR count). The molecule has 2 N–H and O–H groups in total. The molecule has 0 radical (unpaired) electrons. The van der Waals surface area contributed by atoms with Gasteiger partial charge in [0.25, 0.3) is 0 Å². The van der Waals surface area contributed by atoms with Crippen molar-refractivity contribution < 1.29 is 9.90 Å². The highest BCUT2D eigenvalue weighted by Crippen LogP contribution is 2.03. The van der Waals surface area contributed by atoms with Gasteiger partial charge in [0, 0.05) is 18.9 Å². The standard InChI is InChI=1S/C7H12N2O2/c1-6-8-3-5-9(6)4-2-7(10)11/h3,5-6,8H,2,4H2,1H3,(H,10,11). The van der Waals surface area contributed by atoms with Crippen LogP contribution in [-0.2, 0) is 4.79 Å². The Bertz CT molecular complexity index is 179. The zero-order valence-electron chi connectivity index (χ0n) is 6.45. The van der Waals surface area contributed by atoms with Crippen LogP contribution < -0.4 is 5.32 Å². The first kappa shape index (κ1) is 7.91. The summed E-state index contributed by atoms with van der Waals surface area (Å²) in [6.07, 6.45) is 4.12. The molecule has 0 saturated heterocycles. The molecule has 1 unspecified atom stereocenters. The highest BCUT2D eigenvalue weighted by molar-refractivity contribution is 5.66. The third kappa shape index (κ3) is 2.14. The SMILES string of the molecule is CC1NC=CN1CCC(=O)O. The summed E-state index contributed by atoms with van der Waals surface area (Å²) in [6, 6.07) is 0. The van der Waals surface area contributed by atoms with Gasteiger partial charge < -0.3 is 15.3 Å². The third-order valence-corrected chi connectivity index (χ3v) is 1.68. The lowest BCUT2D eigenvalue weighted by Gasteiger charge is -2.20. The number of aliphatic carboxylic acids is 1. The second-order valence-electron chi connectivity index (χ2n) is 2.54. The minimum atomic E-state index is -0.752. The fraction of sp³-hybridized carbons (Fsp3) is 0.571. The van der Waals surface area contributed by atoms with Crippen LogP contribution in [0.3, 0.4) is 0 Å². The van der Waals surface area contributed by atoms with E-state index in [1.54, 1.807) is 0 Å². The first-order valence-electron chi connectivity index (χ1n) is 3.60. The van der Waals surface area contributed by atoms with Crippen molar-refractivity contribution in [3.63, 3.8) is 0 Å². The number of carbonyl (C=O) groups is 1. The Morgan fingerprint density at radius 1 is 1.82 bits per heavy atom. The molecule has 0 spiro atoms. The zero-order valence-corrected chi connectivity index (χ0v) is 6.45. The minimum absolute atomic E-state index is 0.191. The Balaban J connectivity index is 2.26. The molecule has 1 aliphatic rings. The molecule has 0 aliphatic carbocycles. The molecule has 0 bridgehead atoms. The molecule has 1 heterocycles. The van der Waals surface area contributed by atoms with Gasteiger partial charge in [-0.05, 0) is 6.92 Å². The molecule has 0 amide bonds. The third-order valence-electron chi connectivity index (χ3n) is 1.68. The summed E-state index contributed by atoms with van der Waals surface area (Å²) in [5.41, 5.74) is 0. The monoisotopic (exact) mass is 156 g/mol. The van der Waals surface area contributed by atoms with Crippen LogP contribution in [0.2, 0.25) is 0 Å². The molecule has 0 aromatic carbocycles. The quantitative estimate of drug-likeness (QED) is 0.612. The lowest BCUT2D eigenvalue weighted by Crippen LogP contribution is -2.33. The van der Waals surface area contributed by atoms with Crippen molar-refractivity contribution >= 4 is 5.97 Å². The van der Waals surface area contributed by atoms with Crippen molar-refractivity contribution in [2.75, 3.05) is 6.54 Å². The van der Waals surface area contributed by atoms with Gasteiger partial charge >= 0.3 is 5.97 Å². The van der Waals surface area contributed by atoms with Crippen molar-refractivity contribution in [2.45, 2.75) is 19.5 Å². The maximum absolute atomic E-state index is 10.2. The van der Waals surface area contributed by atoms with E-state index in [0.717, 1.165) is 0 Å². The molecule has 0 fully saturated rings. The van der Waals surface area contributed by atoms with Crippen molar-refractivity contribution in [1.82, 2.24) is 10.2 Å². The smallest absolute Gasteiger partial charge is 0.305 e. The van der Waals surface area contributed by atoms with E-state index in [1.807, 2.05) is 24.2 Å². The van der Waals surface area contributed by atoms with E-state index in [0.29, 0.717) is 6.54 Å². The lowest BCUT2D eigenvalue weighted by molar-refractivity contribution is -0.137. The van der Waals surface area contributed by atoms with Crippen LogP contribution in [0.4, 0.5) is 0 Å². The van der Waals surface area contributed by atoms with E-state index in [9.17, 15) is 4.79 Å². The summed E-state index contributed by atoms with van der Waals surface area (Å²) < 4.78 is 0. The summed E-state index contributed by atoms with van der Waals surface area (Å²) in [5, 5.41) is 11.4. The highest BCUT2D eigenvalue weighted by atomic mass is 16.4. The van der Waals surface area contributed by atoms with E-state index in [4.69, 9.17) is 5.11 Å². The van der Waals surface area contributed by atoms with Crippen LogP contribution >= 0.6 is 0 Å². The second-order valence-corrected chi connectivity index (χ2v) is 2.54. The number of nitrogens with zero attached hydrogens (tertiary/aromatic N) is 1. The molecule has 1 atom stereocenters. The Kier molecular flexibility index (Phi) is 2.36. The lowest BCUT2D eigenvalue weighted by atomic mass is 10.4. The van der Waals surface area contributed by atoms with Crippen molar-refractivity contribution in [3.05, 3.63) is 12.4 Å².